The molecule has 0 saturated carbocycles. The number of ether oxygens (including phenoxy) is 3. The first kappa shape index (κ1) is 31.9. The van der Waals surface area contributed by atoms with Crippen LogP contribution in [0.2, 0.25) is 5.15 Å². The van der Waals surface area contributed by atoms with Gasteiger partial charge >= 0.3 is 18.3 Å². The molecule has 0 atom stereocenters. The van der Waals surface area contributed by atoms with Crippen molar-refractivity contribution < 1.29 is 33.4 Å². The zero-order valence-electron chi connectivity index (χ0n) is 25.0. The standard InChI is InChI=1S/C30H38ClN3O7/c1-28(2,3)39-25(36)33(20-14-18-12-10-11-13-19(18)15-20)24(35)22-16-21(17-23(31)32-22)34(26(37)40-29(4,5)6)27(38)41-30(7,8)9/h10-13,16-17,20H,14-15H2,1-9H3. The van der Waals surface area contributed by atoms with Crippen molar-refractivity contribution in [1.29, 1.82) is 0 Å². The molecule has 0 bridgehead atoms. The van der Waals surface area contributed by atoms with E-state index in [4.69, 9.17) is 25.8 Å². The minimum atomic E-state index is -1.04. The lowest BCUT2D eigenvalue weighted by Gasteiger charge is -2.30. The van der Waals surface area contributed by atoms with Gasteiger partial charge in [-0.05, 0) is 92.3 Å². The molecule has 11 heteroatoms. The molecular formula is C30H38ClN3O7. The van der Waals surface area contributed by atoms with Gasteiger partial charge in [0.05, 0.1) is 11.7 Å². The Morgan fingerprint density at radius 3 is 1.63 bits per heavy atom. The minimum Gasteiger partial charge on any atom is -0.443 e. The molecule has 10 nitrogen and oxygen atoms in total. The first-order valence-corrected chi connectivity index (χ1v) is 13.7. The van der Waals surface area contributed by atoms with E-state index in [0.29, 0.717) is 17.7 Å². The van der Waals surface area contributed by atoms with Crippen molar-refractivity contribution in [3.63, 3.8) is 0 Å². The number of aromatic nitrogens is 1. The topological polar surface area (TPSA) is 115 Å². The van der Waals surface area contributed by atoms with Crippen molar-refractivity contribution >= 4 is 41.5 Å². The van der Waals surface area contributed by atoms with Gasteiger partial charge in [0.1, 0.15) is 27.7 Å². The first-order chi connectivity index (χ1) is 18.7. The number of pyridine rings is 1. The molecule has 1 aromatic carbocycles. The highest BCUT2D eigenvalue weighted by Crippen LogP contribution is 2.30. The van der Waals surface area contributed by atoms with Gasteiger partial charge in [-0.2, -0.15) is 4.90 Å². The van der Waals surface area contributed by atoms with Crippen LogP contribution in [0.5, 0.6) is 0 Å². The highest BCUT2D eigenvalue weighted by Gasteiger charge is 2.39. The number of amides is 4. The van der Waals surface area contributed by atoms with Crippen molar-refractivity contribution in [2.45, 2.75) is 98.0 Å². The average Bonchev–Trinajstić information content (AvgIpc) is 3.18. The zero-order valence-corrected chi connectivity index (χ0v) is 25.8. The fourth-order valence-corrected chi connectivity index (χ4v) is 4.38. The summed E-state index contributed by atoms with van der Waals surface area (Å²) in [4.78, 5) is 59.6. The molecule has 1 aromatic heterocycles. The number of halogens is 1. The van der Waals surface area contributed by atoms with Crippen molar-refractivity contribution in [3.8, 4) is 0 Å². The van der Waals surface area contributed by atoms with E-state index < -0.39 is 47.0 Å². The van der Waals surface area contributed by atoms with Gasteiger partial charge in [-0.25, -0.2) is 24.3 Å². The number of carbonyl (C=O) groups excluding carboxylic acids is 4. The Hall–Kier alpha value is -3.66. The third-order valence-corrected chi connectivity index (χ3v) is 5.81. The SMILES string of the molecule is CC(C)(C)OC(=O)N(C(=O)OC(C)(C)C)c1cc(Cl)nc(C(=O)N(C(=O)OC(C)(C)C)C2Cc3ccccc3C2)c1. The maximum Gasteiger partial charge on any atom is 0.424 e. The van der Waals surface area contributed by atoms with Crippen LogP contribution in [0.1, 0.15) is 83.9 Å². The van der Waals surface area contributed by atoms with Crippen molar-refractivity contribution in [2.75, 3.05) is 4.90 Å². The molecule has 0 saturated heterocycles. The monoisotopic (exact) mass is 587 g/mol. The van der Waals surface area contributed by atoms with Gasteiger partial charge in [0.15, 0.2) is 0 Å². The Balaban J connectivity index is 2.07. The number of nitrogens with zero attached hydrogens (tertiary/aromatic N) is 3. The Bertz CT molecular complexity index is 1290. The number of carbonyl (C=O) groups is 4. The average molecular weight is 588 g/mol. The van der Waals surface area contributed by atoms with E-state index in [1.54, 1.807) is 62.3 Å². The van der Waals surface area contributed by atoms with Crippen LogP contribution in [0.25, 0.3) is 0 Å². The molecule has 1 aliphatic carbocycles. The molecular weight excluding hydrogens is 550 g/mol. The number of benzene rings is 1. The van der Waals surface area contributed by atoms with Crippen LogP contribution in [0.15, 0.2) is 36.4 Å². The highest BCUT2D eigenvalue weighted by atomic mass is 35.5. The summed E-state index contributed by atoms with van der Waals surface area (Å²) in [5.74, 6) is -0.797. The van der Waals surface area contributed by atoms with Gasteiger partial charge in [-0.1, -0.05) is 35.9 Å². The summed E-state index contributed by atoms with van der Waals surface area (Å²) in [6, 6.07) is 9.56. The summed E-state index contributed by atoms with van der Waals surface area (Å²) in [7, 11) is 0. The molecule has 0 unspecified atom stereocenters. The number of imide groups is 2. The van der Waals surface area contributed by atoms with E-state index in [1.165, 1.54) is 12.1 Å². The van der Waals surface area contributed by atoms with Crippen LogP contribution >= 0.6 is 11.6 Å². The van der Waals surface area contributed by atoms with Crippen LogP contribution in [0, 0.1) is 0 Å². The van der Waals surface area contributed by atoms with Crippen LogP contribution in [0.4, 0.5) is 20.1 Å². The van der Waals surface area contributed by atoms with Crippen molar-refractivity contribution in [2.24, 2.45) is 0 Å². The lowest BCUT2D eigenvalue weighted by atomic mass is 10.1. The molecule has 1 heterocycles. The predicted octanol–water partition coefficient (Wildman–Crippen LogP) is 6.96. The molecule has 0 spiro atoms. The summed E-state index contributed by atoms with van der Waals surface area (Å²) < 4.78 is 16.5. The van der Waals surface area contributed by atoms with Gasteiger partial charge in [-0.3, -0.25) is 4.79 Å². The van der Waals surface area contributed by atoms with E-state index in [0.717, 1.165) is 16.0 Å². The second-order valence-electron chi connectivity index (χ2n) is 12.8. The van der Waals surface area contributed by atoms with Crippen molar-refractivity contribution in [3.05, 3.63) is 58.4 Å². The normalized spacial score (nSPS) is 13.7. The van der Waals surface area contributed by atoms with Crippen LogP contribution in [-0.4, -0.2) is 56.9 Å². The zero-order chi connectivity index (χ0) is 30.9. The van der Waals surface area contributed by atoms with Crippen molar-refractivity contribution in [1.82, 2.24) is 9.88 Å². The molecule has 1 aliphatic rings. The lowest BCUT2D eigenvalue weighted by Crippen LogP contribution is -2.48. The third kappa shape index (κ3) is 8.66. The number of anilines is 1. The van der Waals surface area contributed by atoms with E-state index in [9.17, 15) is 19.2 Å². The third-order valence-electron chi connectivity index (χ3n) is 5.61. The van der Waals surface area contributed by atoms with Gasteiger partial charge in [0.2, 0.25) is 0 Å². The number of fused-ring (bicyclic) bond motifs is 1. The first-order valence-electron chi connectivity index (χ1n) is 13.3. The van der Waals surface area contributed by atoms with E-state index in [2.05, 4.69) is 4.98 Å². The molecule has 41 heavy (non-hydrogen) atoms. The predicted molar refractivity (Wildman–Crippen MR) is 154 cm³/mol. The highest BCUT2D eigenvalue weighted by molar-refractivity contribution is 6.30. The summed E-state index contributed by atoms with van der Waals surface area (Å²) >= 11 is 6.31. The molecule has 0 fully saturated rings. The van der Waals surface area contributed by atoms with Gasteiger partial charge in [0.25, 0.3) is 5.91 Å². The summed E-state index contributed by atoms with van der Waals surface area (Å²) in [6.45, 7) is 15.0. The van der Waals surface area contributed by atoms with Crippen LogP contribution in [-0.2, 0) is 27.1 Å². The van der Waals surface area contributed by atoms with Crippen LogP contribution < -0.4 is 4.90 Å². The lowest BCUT2D eigenvalue weighted by molar-refractivity contribution is 0.0168. The molecule has 2 aromatic rings. The fourth-order valence-electron chi connectivity index (χ4n) is 4.17. The van der Waals surface area contributed by atoms with E-state index in [1.807, 2.05) is 24.3 Å². The van der Waals surface area contributed by atoms with Gasteiger partial charge in [0, 0.05) is 6.07 Å². The second kappa shape index (κ2) is 11.7. The summed E-state index contributed by atoms with van der Waals surface area (Å²) in [5, 5.41) is -0.193. The Labute approximate surface area is 245 Å². The summed E-state index contributed by atoms with van der Waals surface area (Å²) in [6.07, 6.45) is -2.07. The van der Waals surface area contributed by atoms with Crippen LogP contribution in [0.3, 0.4) is 0 Å². The molecule has 4 amide bonds. The second-order valence-corrected chi connectivity index (χ2v) is 13.2. The van der Waals surface area contributed by atoms with E-state index >= 15 is 0 Å². The fraction of sp³-hybridized carbons (Fsp3) is 0.500. The smallest absolute Gasteiger partial charge is 0.424 e. The Morgan fingerprint density at radius 2 is 1.20 bits per heavy atom. The number of hydrogen-bond donors (Lipinski definition) is 0. The van der Waals surface area contributed by atoms with Gasteiger partial charge < -0.3 is 14.2 Å². The molecule has 0 aliphatic heterocycles. The minimum absolute atomic E-state index is 0.115. The molecule has 0 N–H and O–H groups in total. The number of rotatable bonds is 3. The quantitative estimate of drug-likeness (QED) is 0.280. The molecule has 3 rings (SSSR count). The summed E-state index contributed by atoms with van der Waals surface area (Å²) in [5.41, 5.74) is -1.13. The molecule has 0 radical (unpaired) electrons. The Kier molecular flexibility index (Phi) is 9.08. The van der Waals surface area contributed by atoms with Gasteiger partial charge in [-0.15, -0.1) is 0 Å². The van der Waals surface area contributed by atoms with E-state index in [-0.39, 0.29) is 16.5 Å². The largest absolute Gasteiger partial charge is 0.443 e. The maximum atomic E-state index is 14.0. The Morgan fingerprint density at radius 1 is 0.756 bits per heavy atom. The molecule has 222 valence electrons. The maximum absolute atomic E-state index is 14.0. The number of hydrogen-bond acceptors (Lipinski definition) is 8.